The minimum atomic E-state index is 0.0622. The number of aryl methyl sites for hydroxylation is 4. The summed E-state index contributed by atoms with van der Waals surface area (Å²) in [6.07, 6.45) is 1.74. The van der Waals surface area contributed by atoms with E-state index in [1.54, 1.807) is 16.0 Å². The van der Waals surface area contributed by atoms with Crippen LogP contribution in [0, 0.1) is 20.8 Å². The number of rotatable bonds is 4. The minimum absolute atomic E-state index is 0.0622. The Bertz CT molecular complexity index is 976. The van der Waals surface area contributed by atoms with Gasteiger partial charge in [-0.3, -0.25) is 9.48 Å². The molecule has 0 saturated carbocycles. The van der Waals surface area contributed by atoms with Crippen LogP contribution in [0.3, 0.4) is 0 Å². The third kappa shape index (κ3) is 3.51. The second kappa shape index (κ2) is 7.54. The quantitative estimate of drug-likeness (QED) is 0.663. The van der Waals surface area contributed by atoms with Gasteiger partial charge in [0.1, 0.15) is 11.8 Å². The molecular formula is C21H26N4O2S. The molecule has 0 atom stereocenters. The summed E-state index contributed by atoms with van der Waals surface area (Å²) >= 11 is 1.62. The molecule has 0 aliphatic carbocycles. The number of ether oxygens (including phenoxy) is 1. The smallest absolute Gasteiger partial charge is 0.274 e. The van der Waals surface area contributed by atoms with Gasteiger partial charge in [-0.2, -0.15) is 5.10 Å². The zero-order valence-electron chi connectivity index (χ0n) is 16.9. The molecule has 0 unspecified atom stereocenters. The number of hydrogen-bond acceptors (Lipinski definition) is 5. The van der Waals surface area contributed by atoms with Crippen molar-refractivity contribution in [1.29, 1.82) is 0 Å². The lowest BCUT2D eigenvalue weighted by atomic mass is 10.1. The zero-order valence-corrected chi connectivity index (χ0v) is 17.7. The first-order chi connectivity index (χ1) is 13.5. The molecule has 1 aliphatic rings. The van der Waals surface area contributed by atoms with Crippen LogP contribution in [0.4, 0.5) is 0 Å². The van der Waals surface area contributed by atoms with Crippen LogP contribution in [-0.4, -0.2) is 44.8 Å². The second-order valence-electron chi connectivity index (χ2n) is 7.45. The van der Waals surface area contributed by atoms with Crippen molar-refractivity contribution < 1.29 is 9.53 Å². The highest BCUT2D eigenvalue weighted by atomic mass is 32.1. The first-order valence-corrected chi connectivity index (χ1v) is 10.6. The largest absolute Gasteiger partial charge is 0.467 e. The normalized spacial score (nSPS) is 15.4. The van der Waals surface area contributed by atoms with Crippen molar-refractivity contribution in [3.05, 3.63) is 40.7 Å². The third-order valence-corrected chi connectivity index (χ3v) is 6.42. The maximum absolute atomic E-state index is 12.9. The number of carbonyl (C=O) groups excluding carboxylic acids is 1. The van der Waals surface area contributed by atoms with Crippen molar-refractivity contribution in [2.45, 2.75) is 53.2 Å². The summed E-state index contributed by atoms with van der Waals surface area (Å²) in [4.78, 5) is 19.5. The second-order valence-corrected chi connectivity index (χ2v) is 8.41. The van der Waals surface area contributed by atoms with Gasteiger partial charge in [0.2, 0.25) is 0 Å². The number of aromatic nitrogens is 3. The van der Waals surface area contributed by atoms with Crippen LogP contribution in [-0.2, 0) is 6.54 Å². The van der Waals surface area contributed by atoms with E-state index in [0.29, 0.717) is 25.3 Å². The average molecular weight is 399 g/mol. The van der Waals surface area contributed by atoms with Crippen LogP contribution in [0.2, 0.25) is 0 Å². The topological polar surface area (TPSA) is 60.2 Å². The number of likely N-dealkylation sites (tertiary alicyclic amines) is 1. The zero-order chi connectivity index (χ0) is 19.8. The van der Waals surface area contributed by atoms with Crippen molar-refractivity contribution in [3.8, 4) is 5.19 Å². The fraction of sp³-hybridized carbons (Fsp3) is 0.476. The fourth-order valence-electron chi connectivity index (χ4n) is 3.73. The summed E-state index contributed by atoms with van der Waals surface area (Å²) < 4.78 is 9.17. The van der Waals surface area contributed by atoms with Crippen LogP contribution in [0.5, 0.6) is 5.19 Å². The standard InChI is InChI=1S/C21H26N4O2S/c1-5-25-17(12-15(4)23-25)20(26)24-10-8-16(9-11-24)27-21-22-18-13(2)6-7-14(3)19(18)28-21/h6-7,12,16H,5,8-11H2,1-4H3. The Kier molecular flexibility index (Phi) is 5.10. The number of amides is 1. The third-order valence-electron chi connectivity index (χ3n) is 5.34. The Balaban J connectivity index is 1.41. The summed E-state index contributed by atoms with van der Waals surface area (Å²) in [7, 11) is 0. The number of benzene rings is 1. The van der Waals surface area contributed by atoms with Gasteiger partial charge < -0.3 is 9.64 Å². The van der Waals surface area contributed by atoms with Crippen LogP contribution in [0.25, 0.3) is 10.2 Å². The highest BCUT2D eigenvalue weighted by Gasteiger charge is 2.27. The van der Waals surface area contributed by atoms with Crippen LogP contribution >= 0.6 is 11.3 Å². The summed E-state index contributed by atoms with van der Waals surface area (Å²) in [6.45, 7) is 10.2. The van der Waals surface area contributed by atoms with Gasteiger partial charge in [0, 0.05) is 32.5 Å². The van der Waals surface area contributed by atoms with Gasteiger partial charge in [-0.25, -0.2) is 4.98 Å². The van der Waals surface area contributed by atoms with Gasteiger partial charge >= 0.3 is 0 Å². The Morgan fingerprint density at radius 3 is 2.61 bits per heavy atom. The van der Waals surface area contributed by atoms with Gasteiger partial charge in [-0.05, 0) is 44.9 Å². The van der Waals surface area contributed by atoms with Crippen LogP contribution in [0.15, 0.2) is 18.2 Å². The Hall–Kier alpha value is -2.41. The van der Waals surface area contributed by atoms with E-state index < -0.39 is 0 Å². The molecule has 4 rings (SSSR count). The molecule has 7 heteroatoms. The van der Waals surface area contributed by atoms with Crippen molar-refractivity contribution >= 4 is 27.5 Å². The highest BCUT2D eigenvalue weighted by Crippen LogP contribution is 2.33. The minimum Gasteiger partial charge on any atom is -0.467 e. The maximum atomic E-state index is 12.9. The molecule has 1 saturated heterocycles. The van der Waals surface area contributed by atoms with Crippen molar-refractivity contribution in [1.82, 2.24) is 19.7 Å². The number of nitrogens with zero attached hydrogens (tertiary/aromatic N) is 4. The highest BCUT2D eigenvalue weighted by molar-refractivity contribution is 7.20. The molecule has 1 amide bonds. The molecule has 0 bridgehead atoms. The molecule has 0 N–H and O–H groups in total. The molecule has 0 spiro atoms. The number of piperidine rings is 1. The molecule has 6 nitrogen and oxygen atoms in total. The number of hydrogen-bond donors (Lipinski definition) is 0. The average Bonchev–Trinajstić information content (AvgIpc) is 3.29. The van der Waals surface area contributed by atoms with E-state index in [0.717, 1.165) is 29.2 Å². The SMILES string of the molecule is CCn1nc(C)cc1C(=O)N1CCC(Oc2nc3c(C)ccc(C)c3s2)CC1. The Morgan fingerprint density at radius 1 is 1.21 bits per heavy atom. The Morgan fingerprint density at radius 2 is 1.93 bits per heavy atom. The lowest BCUT2D eigenvalue weighted by Crippen LogP contribution is -2.42. The van der Waals surface area contributed by atoms with Gasteiger partial charge in [0.15, 0.2) is 0 Å². The number of carbonyl (C=O) groups is 1. The van der Waals surface area contributed by atoms with Gasteiger partial charge in [0.05, 0.1) is 15.9 Å². The molecule has 0 radical (unpaired) electrons. The monoisotopic (exact) mass is 398 g/mol. The van der Waals surface area contributed by atoms with Gasteiger partial charge in [0.25, 0.3) is 11.1 Å². The van der Waals surface area contributed by atoms with Gasteiger partial charge in [-0.15, -0.1) is 0 Å². The van der Waals surface area contributed by atoms with Crippen LogP contribution in [0.1, 0.15) is 47.1 Å². The summed E-state index contributed by atoms with van der Waals surface area (Å²) in [5, 5.41) is 5.12. The predicted octanol–water partition coefficient (Wildman–Crippen LogP) is 4.12. The molecule has 3 aromatic rings. The van der Waals surface area contributed by atoms with Crippen LogP contribution < -0.4 is 4.74 Å². The predicted molar refractivity (Wildman–Crippen MR) is 111 cm³/mol. The molecule has 3 heterocycles. The lowest BCUT2D eigenvalue weighted by molar-refractivity contribution is 0.0584. The van der Waals surface area contributed by atoms with Crippen molar-refractivity contribution in [2.24, 2.45) is 0 Å². The summed E-state index contributed by atoms with van der Waals surface area (Å²) in [6, 6.07) is 6.11. The molecule has 148 valence electrons. The molecule has 28 heavy (non-hydrogen) atoms. The van der Waals surface area contributed by atoms with E-state index in [4.69, 9.17) is 9.72 Å². The van der Waals surface area contributed by atoms with E-state index in [9.17, 15) is 4.79 Å². The molecule has 1 aromatic carbocycles. The van der Waals surface area contributed by atoms with E-state index in [2.05, 4.69) is 31.1 Å². The lowest BCUT2D eigenvalue weighted by Gasteiger charge is -2.31. The van der Waals surface area contributed by atoms with Gasteiger partial charge in [-0.1, -0.05) is 23.5 Å². The van der Waals surface area contributed by atoms with E-state index in [-0.39, 0.29) is 12.0 Å². The number of fused-ring (bicyclic) bond motifs is 1. The first-order valence-electron chi connectivity index (χ1n) is 9.83. The summed E-state index contributed by atoms with van der Waals surface area (Å²) in [5.41, 5.74) is 5.00. The van der Waals surface area contributed by atoms with E-state index in [1.165, 1.54) is 15.8 Å². The molecule has 2 aromatic heterocycles. The van der Waals surface area contributed by atoms with Crippen molar-refractivity contribution in [2.75, 3.05) is 13.1 Å². The fourth-order valence-corrected chi connectivity index (χ4v) is 4.76. The molecule has 1 aliphatic heterocycles. The van der Waals surface area contributed by atoms with E-state index >= 15 is 0 Å². The molecule has 1 fully saturated rings. The molecular weight excluding hydrogens is 372 g/mol. The summed E-state index contributed by atoms with van der Waals surface area (Å²) in [5.74, 6) is 0.0622. The number of thiazole rings is 1. The van der Waals surface area contributed by atoms with E-state index in [1.807, 2.05) is 24.8 Å². The Labute approximate surface area is 169 Å². The first kappa shape index (κ1) is 18.9. The van der Waals surface area contributed by atoms with Crippen molar-refractivity contribution in [3.63, 3.8) is 0 Å². The maximum Gasteiger partial charge on any atom is 0.274 e.